The van der Waals surface area contributed by atoms with Gasteiger partial charge in [0, 0.05) is 12.1 Å². The van der Waals surface area contributed by atoms with Crippen molar-refractivity contribution in [3.8, 4) is 0 Å². The molecule has 2 unspecified atom stereocenters. The molecule has 1 aliphatic rings. The van der Waals surface area contributed by atoms with E-state index in [9.17, 15) is 23.1 Å². The largest absolute Gasteiger partial charge is 0.416 e. The molecule has 2 N–H and O–H groups in total. The van der Waals surface area contributed by atoms with Crippen LogP contribution in [0.1, 0.15) is 44.4 Å². The summed E-state index contributed by atoms with van der Waals surface area (Å²) in [4.78, 5) is 14.2. The summed E-state index contributed by atoms with van der Waals surface area (Å²) in [5.41, 5.74) is -1.18. The first kappa shape index (κ1) is 18.7. The highest BCUT2D eigenvalue weighted by molar-refractivity contribution is 5.84. The van der Waals surface area contributed by atoms with Crippen LogP contribution in [0.3, 0.4) is 0 Å². The average molecular weight is 344 g/mol. The molecule has 1 aliphatic heterocycles. The Labute approximate surface area is 139 Å². The van der Waals surface area contributed by atoms with Crippen molar-refractivity contribution in [2.75, 3.05) is 13.2 Å². The smallest absolute Gasteiger partial charge is 0.394 e. The second-order valence-electron chi connectivity index (χ2n) is 6.99. The molecule has 2 rings (SSSR count). The van der Waals surface area contributed by atoms with E-state index in [2.05, 4.69) is 5.32 Å². The number of hydrogen-bond acceptors (Lipinski definition) is 3. The Kier molecular flexibility index (Phi) is 5.25. The minimum atomic E-state index is -4.51. The third kappa shape index (κ3) is 3.89. The van der Waals surface area contributed by atoms with Gasteiger partial charge in [0.2, 0.25) is 5.91 Å². The molecule has 1 fully saturated rings. The van der Waals surface area contributed by atoms with Gasteiger partial charge >= 0.3 is 6.18 Å². The van der Waals surface area contributed by atoms with Gasteiger partial charge in [-0.3, -0.25) is 10.1 Å². The summed E-state index contributed by atoms with van der Waals surface area (Å²) in [6.07, 6.45) is -4.01. The first-order valence-electron chi connectivity index (χ1n) is 7.90. The van der Waals surface area contributed by atoms with Crippen LogP contribution in [0, 0.1) is 0 Å². The summed E-state index contributed by atoms with van der Waals surface area (Å²) in [7, 11) is 0. The number of carbonyl (C=O) groups is 1. The highest BCUT2D eigenvalue weighted by atomic mass is 19.4. The van der Waals surface area contributed by atoms with Crippen molar-refractivity contribution in [3.05, 3.63) is 35.4 Å². The van der Waals surface area contributed by atoms with E-state index in [1.54, 1.807) is 4.90 Å². The van der Waals surface area contributed by atoms with Crippen LogP contribution in [0.15, 0.2) is 24.3 Å². The number of nitrogens with one attached hydrogen (secondary N) is 1. The van der Waals surface area contributed by atoms with Crippen LogP contribution in [-0.2, 0) is 11.0 Å². The first-order valence-corrected chi connectivity index (χ1v) is 7.90. The molecule has 24 heavy (non-hydrogen) atoms. The number of likely N-dealkylation sites (tertiary alicyclic amines) is 1. The van der Waals surface area contributed by atoms with E-state index in [0.29, 0.717) is 13.0 Å². The molecule has 1 heterocycles. The number of aliphatic hydroxyl groups is 1. The zero-order valence-corrected chi connectivity index (χ0v) is 14.0. The second kappa shape index (κ2) is 6.72. The lowest BCUT2D eigenvalue weighted by Gasteiger charge is -2.32. The molecule has 0 spiro atoms. The van der Waals surface area contributed by atoms with Gasteiger partial charge in [-0.05, 0) is 38.8 Å². The lowest BCUT2D eigenvalue weighted by Crippen LogP contribution is -2.47. The number of rotatable bonds is 4. The van der Waals surface area contributed by atoms with E-state index in [1.807, 2.05) is 20.8 Å². The van der Waals surface area contributed by atoms with Crippen molar-refractivity contribution in [3.63, 3.8) is 0 Å². The van der Waals surface area contributed by atoms with E-state index in [0.717, 1.165) is 6.07 Å². The fourth-order valence-corrected chi connectivity index (χ4v) is 3.04. The maximum absolute atomic E-state index is 13.2. The SMILES string of the molecule is CC(C)(C)N1CCC(NC(CO)c2ccccc2C(F)(F)F)C1=O. The van der Waals surface area contributed by atoms with Gasteiger partial charge in [-0.15, -0.1) is 0 Å². The standard InChI is InChI=1S/C17H23F3N2O2/c1-16(2,3)22-9-8-13(15(22)24)21-14(10-23)11-6-4-5-7-12(11)17(18,19)20/h4-7,13-14,21,23H,8-10H2,1-3H3. The van der Waals surface area contributed by atoms with Crippen LogP contribution in [0.25, 0.3) is 0 Å². The Bertz CT molecular complexity index is 596. The Hall–Kier alpha value is -1.60. The van der Waals surface area contributed by atoms with E-state index >= 15 is 0 Å². The van der Waals surface area contributed by atoms with Crippen molar-refractivity contribution < 1.29 is 23.1 Å². The highest BCUT2D eigenvalue weighted by Crippen LogP contribution is 2.35. The van der Waals surface area contributed by atoms with Gasteiger partial charge in [-0.1, -0.05) is 18.2 Å². The normalized spacial score (nSPS) is 20.5. The van der Waals surface area contributed by atoms with Crippen molar-refractivity contribution in [1.29, 1.82) is 0 Å². The monoisotopic (exact) mass is 344 g/mol. The first-order chi connectivity index (χ1) is 11.1. The van der Waals surface area contributed by atoms with E-state index in [4.69, 9.17) is 0 Å². The molecule has 7 heteroatoms. The Balaban J connectivity index is 2.22. The van der Waals surface area contributed by atoms with E-state index in [-0.39, 0.29) is 17.0 Å². The maximum Gasteiger partial charge on any atom is 0.416 e. The number of amides is 1. The molecular formula is C17H23F3N2O2. The third-order valence-electron chi connectivity index (χ3n) is 4.24. The summed E-state index contributed by atoms with van der Waals surface area (Å²) >= 11 is 0. The van der Waals surface area contributed by atoms with Gasteiger partial charge in [0.1, 0.15) is 0 Å². The molecular weight excluding hydrogens is 321 g/mol. The molecule has 0 aliphatic carbocycles. The minimum Gasteiger partial charge on any atom is -0.394 e. The number of hydrogen-bond donors (Lipinski definition) is 2. The van der Waals surface area contributed by atoms with Gasteiger partial charge < -0.3 is 10.0 Å². The Morgan fingerprint density at radius 1 is 1.29 bits per heavy atom. The molecule has 4 nitrogen and oxygen atoms in total. The van der Waals surface area contributed by atoms with Gasteiger partial charge in [0.15, 0.2) is 0 Å². The van der Waals surface area contributed by atoms with Crippen LogP contribution >= 0.6 is 0 Å². The molecule has 0 aromatic heterocycles. The summed E-state index contributed by atoms with van der Waals surface area (Å²) in [6, 6.07) is 3.57. The predicted molar refractivity (Wildman–Crippen MR) is 84.3 cm³/mol. The Morgan fingerprint density at radius 2 is 1.92 bits per heavy atom. The van der Waals surface area contributed by atoms with Gasteiger partial charge in [0.05, 0.1) is 24.3 Å². The quantitative estimate of drug-likeness (QED) is 0.883. The fraction of sp³-hybridized carbons (Fsp3) is 0.588. The number of benzene rings is 1. The zero-order chi connectivity index (χ0) is 18.1. The fourth-order valence-electron chi connectivity index (χ4n) is 3.04. The van der Waals surface area contributed by atoms with Crippen molar-refractivity contribution in [2.45, 2.75) is 51.0 Å². The second-order valence-corrected chi connectivity index (χ2v) is 6.99. The van der Waals surface area contributed by atoms with Crippen LogP contribution in [0.2, 0.25) is 0 Å². The van der Waals surface area contributed by atoms with Crippen LogP contribution < -0.4 is 5.32 Å². The number of nitrogens with zero attached hydrogens (tertiary/aromatic N) is 1. The molecule has 0 radical (unpaired) electrons. The molecule has 0 bridgehead atoms. The van der Waals surface area contributed by atoms with Crippen LogP contribution in [0.5, 0.6) is 0 Å². The van der Waals surface area contributed by atoms with Gasteiger partial charge in [-0.2, -0.15) is 13.2 Å². The number of aliphatic hydroxyl groups excluding tert-OH is 1. The van der Waals surface area contributed by atoms with Crippen molar-refractivity contribution in [2.24, 2.45) is 0 Å². The summed E-state index contributed by atoms with van der Waals surface area (Å²) < 4.78 is 39.5. The zero-order valence-electron chi connectivity index (χ0n) is 14.0. The number of alkyl halides is 3. The molecule has 1 aromatic carbocycles. The van der Waals surface area contributed by atoms with E-state index < -0.39 is 30.4 Å². The lowest BCUT2D eigenvalue weighted by atomic mass is 9.99. The molecule has 134 valence electrons. The predicted octanol–water partition coefficient (Wildman–Crippen LogP) is 2.73. The topological polar surface area (TPSA) is 52.6 Å². The molecule has 1 aromatic rings. The molecule has 0 saturated carbocycles. The molecule has 2 atom stereocenters. The van der Waals surface area contributed by atoms with Crippen molar-refractivity contribution in [1.82, 2.24) is 10.2 Å². The van der Waals surface area contributed by atoms with Gasteiger partial charge in [-0.25, -0.2) is 0 Å². The van der Waals surface area contributed by atoms with E-state index in [1.165, 1.54) is 18.2 Å². The number of carbonyl (C=O) groups excluding carboxylic acids is 1. The maximum atomic E-state index is 13.2. The summed E-state index contributed by atoms with van der Waals surface area (Å²) in [5, 5.41) is 12.5. The molecule has 1 saturated heterocycles. The summed E-state index contributed by atoms with van der Waals surface area (Å²) in [6.45, 7) is 5.76. The highest BCUT2D eigenvalue weighted by Gasteiger charge is 2.40. The molecule has 1 amide bonds. The average Bonchev–Trinajstić information content (AvgIpc) is 2.85. The number of halogens is 3. The third-order valence-corrected chi connectivity index (χ3v) is 4.24. The lowest BCUT2D eigenvalue weighted by molar-refractivity contribution is -0.138. The summed E-state index contributed by atoms with van der Waals surface area (Å²) in [5.74, 6) is -0.148. The minimum absolute atomic E-state index is 0.0468. The Morgan fingerprint density at radius 3 is 2.42 bits per heavy atom. The van der Waals surface area contributed by atoms with Crippen LogP contribution in [-0.4, -0.2) is 40.6 Å². The van der Waals surface area contributed by atoms with Gasteiger partial charge in [0.25, 0.3) is 0 Å². The van der Waals surface area contributed by atoms with Crippen molar-refractivity contribution >= 4 is 5.91 Å². The van der Waals surface area contributed by atoms with Crippen LogP contribution in [0.4, 0.5) is 13.2 Å².